The zero-order chi connectivity index (χ0) is 10.8. The van der Waals surface area contributed by atoms with Crippen molar-refractivity contribution in [3.8, 4) is 5.75 Å². The number of fused-ring (bicyclic) bond motifs is 1. The fraction of sp³-hybridized carbons (Fsp3) is 0.273. The van der Waals surface area contributed by atoms with Crippen molar-refractivity contribution >= 4 is 26.9 Å². The van der Waals surface area contributed by atoms with Crippen LogP contribution in [0, 0.1) is 0 Å². The molecule has 1 aromatic heterocycles. The molecule has 0 saturated heterocycles. The van der Waals surface area contributed by atoms with Gasteiger partial charge in [0, 0.05) is 15.4 Å². The van der Waals surface area contributed by atoms with Crippen LogP contribution in [0.4, 0.5) is 0 Å². The van der Waals surface area contributed by atoms with Gasteiger partial charge in [-0.1, -0.05) is 15.9 Å². The standard InChI is InChI=1S/C11H12BrNO2/c1-13-4-2-7-6-9(12)8-3-5-15-11(8)10(7)14/h3,5-6,13-14H,2,4H2,1H3. The summed E-state index contributed by atoms with van der Waals surface area (Å²) in [4.78, 5) is 0. The van der Waals surface area contributed by atoms with E-state index in [2.05, 4.69) is 21.2 Å². The predicted molar refractivity (Wildman–Crippen MR) is 63.2 cm³/mol. The molecule has 0 bridgehead atoms. The van der Waals surface area contributed by atoms with E-state index in [0.717, 1.165) is 28.4 Å². The van der Waals surface area contributed by atoms with E-state index in [1.165, 1.54) is 0 Å². The van der Waals surface area contributed by atoms with Crippen molar-refractivity contribution in [2.24, 2.45) is 0 Å². The first kappa shape index (κ1) is 10.5. The van der Waals surface area contributed by atoms with Gasteiger partial charge in [0.25, 0.3) is 0 Å². The van der Waals surface area contributed by atoms with Crippen molar-refractivity contribution < 1.29 is 9.52 Å². The zero-order valence-electron chi connectivity index (χ0n) is 8.38. The maximum absolute atomic E-state index is 9.95. The highest BCUT2D eigenvalue weighted by molar-refractivity contribution is 9.10. The highest BCUT2D eigenvalue weighted by Crippen LogP contribution is 2.35. The highest BCUT2D eigenvalue weighted by atomic mass is 79.9. The van der Waals surface area contributed by atoms with Gasteiger partial charge in [-0.05, 0) is 32.1 Å². The van der Waals surface area contributed by atoms with Gasteiger partial charge in [-0.25, -0.2) is 0 Å². The van der Waals surface area contributed by atoms with Crippen LogP contribution in [-0.4, -0.2) is 18.7 Å². The summed E-state index contributed by atoms with van der Waals surface area (Å²) in [5, 5.41) is 13.9. The number of rotatable bonds is 3. The van der Waals surface area contributed by atoms with Crippen LogP contribution in [0.5, 0.6) is 5.75 Å². The molecule has 1 heterocycles. The fourth-order valence-electron chi connectivity index (χ4n) is 1.58. The second kappa shape index (κ2) is 4.24. The molecule has 2 rings (SSSR count). The average Bonchev–Trinajstić information content (AvgIpc) is 2.70. The van der Waals surface area contributed by atoms with Crippen LogP contribution >= 0.6 is 15.9 Å². The number of furan rings is 1. The number of phenols is 1. The molecule has 2 aromatic rings. The minimum atomic E-state index is 0.244. The summed E-state index contributed by atoms with van der Waals surface area (Å²) < 4.78 is 6.20. The number of nitrogens with one attached hydrogen (secondary N) is 1. The summed E-state index contributed by atoms with van der Waals surface area (Å²) in [6.07, 6.45) is 2.36. The van der Waals surface area contributed by atoms with E-state index < -0.39 is 0 Å². The second-order valence-corrected chi connectivity index (χ2v) is 4.24. The molecular formula is C11H12BrNO2. The topological polar surface area (TPSA) is 45.4 Å². The van der Waals surface area contributed by atoms with Gasteiger partial charge in [-0.15, -0.1) is 0 Å². The first-order chi connectivity index (χ1) is 7.24. The largest absolute Gasteiger partial charge is 0.504 e. The van der Waals surface area contributed by atoms with E-state index in [1.807, 2.05) is 19.2 Å². The molecular weight excluding hydrogens is 258 g/mol. The van der Waals surface area contributed by atoms with Crippen molar-refractivity contribution in [2.45, 2.75) is 6.42 Å². The summed E-state index contributed by atoms with van der Waals surface area (Å²) in [6.45, 7) is 0.826. The second-order valence-electron chi connectivity index (χ2n) is 3.38. The lowest BCUT2D eigenvalue weighted by Gasteiger charge is -2.06. The minimum Gasteiger partial charge on any atom is -0.504 e. The van der Waals surface area contributed by atoms with E-state index >= 15 is 0 Å². The molecule has 0 amide bonds. The third-order valence-corrected chi connectivity index (χ3v) is 3.04. The van der Waals surface area contributed by atoms with Crippen LogP contribution in [0.1, 0.15) is 5.56 Å². The number of benzene rings is 1. The van der Waals surface area contributed by atoms with Gasteiger partial charge in [-0.2, -0.15) is 0 Å². The SMILES string of the molecule is CNCCc1cc(Br)c2ccoc2c1O. The Kier molecular flexibility index (Phi) is 2.98. The molecule has 3 nitrogen and oxygen atoms in total. The van der Waals surface area contributed by atoms with Crippen LogP contribution in [0.25, 0.3) is 11.0 Å². The smallest absolute Gasteiger partial charge is 0.176 e. The Hall–Kier alpha value is -1.00. The van der Waals surface area contributed by atoms with Crippen molar-refractivity contribution in [3.05, 3.63) is 28.4 Å². The number of hydrogen-bond acceptors (Lipinski definition) is 3. The molecule has 0 saturated carbocycles. The van der Waals surface area contributed by atoms with E-state index in [4.69, 9.17) is 4.42 Å². The van der Waals surface area contributed by atoms with E-state index in [9.17, 15) is 5.11 Å². The Morgan fingerprint density at radius 1 is 1.53 bits per heavy atom. The van der Waals surface area contributed by atoms with Crippen LogP contribution in [0.3, 0.4) is 0 Å². The maximum atomic E-state index is 9.95. The summed E-state index contributed by atoms with van der Waals surface area (Å²) in [5.41, 5.74) is 1.44. The fourth-order valence-corrected chi connectivity index (χ4v) is 2.16. The predicted octanol–water partition coefficient (Wildman–Crippen LogP) is 2.66. The molecule has 2 N–H and O–H groups in total. The molecule has 0 aliphatic heterocycles. The van der Waals surface area contributed by atoms with Gasteiger partial charge < -0.3 is 14.8 Å². The van der Waals surface area contributed by atoms with E-state index in [0.29, 0.717) is 5.58 Å². The molecule has 0 radical (unpaired) electrons. The van der Waals surface area contributed by atoms with Crippen LogP contribution in [0.15, 0.2) is 27.3 Å². The summed E-state index contributed by atoms with van der Waals surface area (Å²) >= 11 is 3.46. The van der Waals surface area contributed by atoms with Crippen molar-refractivity contribution in [3.63, 3.8) is 0 Å². The number of likely N-dealkylation sites (N-methyl/N-ethyl adjacent to an activating group) is 1. The third-order valence-electron chi connectivity index (χ3n) is 2.39. The molecule has 0 spiro atoms. The maximum Gasteiger partial charge on any atom is 0.176 e. The van der Waals surface area contributed by atoms with Crippen LogP contribution in [0.2, 0.25) is 0 Å². The number of halogens is 1. The molecule has 15 heavy (non-hydrogen) atoms. The minimum absolute atomic E-state index is 0.244. The Balaban J connectivity index is 2.51. The quantitative estimate of drug-likeness (QED) is 0.901. The molecule has 4 heteroatoms. The molecule has 1 aromatic carbocycles. The molecule has 0 atom stereocenters. The first-order valence-electron chi connectivity index (χ1n) is 4.76. The molecule has 0 unspecified atom stereocenters. The van der Waals surface area contributed by atoms with E-state index in [-0.39, 0.29) is 5.75 Å². The van der Waals surface area contributed by atoms with E-state index in [1.54, 1.807) is 6.26 Å². The van der Waals surface area contributed by atoms with Crippen molar-refractivity contribution in [1.29, 1.82) is 0 Å². The Labute approximate surface area is 96.2 Å². The van der Waals surface area contributed by atoms with Crippen molar-refractivity contribution in [1.82, 2.24) is 5.32 Å². The highest BCUT2D eigenvalue weighted by Gasteiger charge is 2.12. The Morgan fingerprint density at radius 3 is 3.07 bits per heavy atom. The van der Waals surface area contributed by atoms with Crippen LogP contribution < -0.4 is 5.32 Å². The lowest BCUT2D eigenvalue weighted by molar-refractivity contribution is 0.458. The molecule has 0 aliphatic rings. The summed E-state index contributed by atoms with van der Waals surface area (Å²) in [5.74, 6) is 0.244. The first-order valence-corrected chi connectivity index (χ1v) is 5.55. The van der Waals surface area contributed by atoms with Gasteiger partial charge in [0.15, 0.2) is 11.3 Å². The average molecular weight is 270 g/mol. The summed E-state index contributed by atoms with van der Waals surface area (Å²) in [7, 11) is 1.89. The van der Waals surface area contributed by atoms with Gasteiger partial charge in [0.05, 0.1) is 6.26 Å². The van der Waals surface area contributed by atoms with Crippen molar-refractivity contribution in [2.75, 3.05) is 13.6 Å². The summed E-state index contributed by atoms with van der Waals surface area (Å²) in [6, 6.07) is 3.77. The van der Waals surface area contributed by atoms with Gasteiger partial charge in [0.2, 0.25) is 0 Å². The van der Waals surface area contributed by atoms with Gasteiger partial charge >= 0.3 is 0 Å². The Morgan fingerprint density at radius 2 is 2.33 bits per heavy atom. The molecule has 0 aliphatic carbocycles. The number of aromatic hydroxyl groups is 1. The number of phenolic OH excluding ortho intramolecular Hbond substituents is 1. The normalized spacial score (nSPS) is 11.1. The van der Waals surface area contributed by atoms with Gasteiger partial charge in [0.1, 0.15) is 0 Å². The lowest BCUT2D eigenvalue weighted by Crippen LogP contribution is -2.10. The van der Waals surface area contributed by atoms with Gasteiger partial charge in [-0.3, -0.25) is 0 Å². The molecule has 80 valence electrons. The number of hydrogen-bond donors (Lipinski definition) is 2. The Bertz CT molecular complexity index is 479. The molecule has 0 fully saturated rings. The monoisotopic (exact) mass is 269 g/mol. The third kappa shape index (κ3) is 1.87. The van der Waals surface area contributed by atoms with Crippen LogP contribution in [-0.2, 0) is 6.42 Å². The lowest BCUT2D eigenvalue weighted by atomic mass is 10.1. The zero-order valence-corrected chi connectivity index (χ0v) is 9.97.